The summed E-state index contributed by atoms with van der Waals surface area (Å²) < 4.78 is 2.36. The van der Waals surface area contributed by atoms with E-state index in [9.17, 15) is 0 Å². The Kier molecular flexibility index (Phi) is 8.13. The van der Waals surface area contributed by atoms with Crippen LogP contribution in [-0.2, 0) is 0 Å². The van der Waals surface area contributed by atoms with Crippen LogP contribution in [0.25, 0.3) is 0 Å². The molecule has 1 aromatic rings. The highest BCUT2D eigenvalue weighted by atomic mass is 127. The quantitative estimate of drug-likeness (QED) is 0.209. The van der Waals surface area contributed by atoms with Crippen LogP contribution in [-0.4, -0.2) is 0 Å². The van der Waals surface area contributed by atoms with Gasteiger partial charge in [-0.05, 0) is 65.6 Å². The summed E-state index contributed by atoms with van der Waals surface area (Å²) in [4.78, 5) is 0. The Morgan fingerprint density at radius 2 is 2.17 bits per heavy atom. The Bertz CT molecular complexity index is 382. The monoisotopic (exact) mass is 422 g/mol. The average Bonchev–Trinajstić information content (AvgIpc) is 2.37. The number of halogens is 2. The SMILES string of the molecule is C=CCCCCCC(NN)c1cc(I)ccc1Br. The van der Waals surface area contributed by atoms with Crippen molar-refractivity contribution < 1.29 is 0 Å². The summed E-state index contributed by atoms with van der Waals surface area (Å²) >= 11 is 5.92. The third-order valence-corrected chi connectivity index (χ3v) is 4.33. The van der Waals surface area contributed by atoms with Gasteiger partial charge < -0.3 is 0 Å². The molecule has 1 aromatic carbocycles. The van der Waals surface area contributed by atoms with Gasteiger partial charge in [-0.2, -0.15) is 0 Å². The third kappa shape index (κ3) is 5.38. The molecule has 0 spiro atoms. The van der Waals surface area contributed by atoms with Crippen molar-refractivity contribution in [1.29, 1.82) is 0 Å². The van der Waals surface area contributed by atoms with E-state index >= 15 is 0 Å². The van der Waals surface area contributed by atoms with E-state index in [-0.39, 0.29) is 6.04 Å². The lowest BCUT2D eigenvalue weighted by molar-refractivity contribution is 0.482. The van der Waals surface area contributed by atoms with Gasteiger partial charge in [-0.3, -0.25) is 11.3 Å². The standard InChI is InChI=1S/C14H20BrIN2/c1-2-3-4-5-6-7-14(18-17)12-10-11(16)8-9-13(12)15/h2,8-10,14,18H,1,3-7,17H2. The lowest BCUT2D eigenvalue weighted by Gasteiger charge is -2.18. The molecule has 0 aliphatic carbocycles. The summed E-state index contributed by atoms with van der Waals surface area (Å²) in [5, 5.41) is 0. The van der Waals surface area contributed by atoms with Crippen molar-refractivity contribution in [3.8, 4) is 0 Å². The predicted octanol–water partition coefficient (Wildman–Crippen LogP) is 4.69. The molecular formula is C14H20BrIN2. The fourth-order valence-electron chi connectivity index (χ4n) is 1.92. The number of benzene rings is 1. The van der Waals surface area contributed by atoms with E-state index in [0.717, 1.165) is 17.3 Å². The lowest BCUT2D eigenvalue weighted by Crippen LogP contribution is -2.28. The van der Waals surface area contributed by atoms with Crippen LogP contribution < -0.4 is 11.3 Å². The molecule has 0 aliphatic heterocycles. The third-order valence-electron chi connectivity index (χ3n) is 2.94. The second-order valence-electron chi connectivity index (χ2n) is 4.31. The molecule has 4 heteroatoms. The van der Waals surface area contributed by atoms with Crippen molar-refractivity contribution in [1.82, 2.24) is 5.43 Å². The highest BCUT2D eigenvalue weighted by Crippen LogP contribution is 2.28. The van der Waals surface area contributed by atoms with E-state index in [0.29, 0.717) is 0 Å². The van der Waals surface area contributed by atoms with Gasteiger partial charge in [0, 0.05) is 14.1 Å². The van der Waals surface area contributed by atoms with Crippen molar-refractivity contribution in [2.24, 2.45) is 5.84 Å². The Hall–Kier alpha value is 0.0900. The van der Waals surface area contributed by atoms with Crippen molar-refractivity contribution in [3.63, 3.8) is 0 Å². The molecule has 0 heterocycles. The summed E-state index contributed by atoms with van der Waals surface area (Å²) in [6, 6.07) is 6.57. The maximum atomic E-state index is 5.68. The highest BCUT2D eigenvalue weighted by molar-refractivity contribution is 14.1. The predicted molar refractivity (Wildman–Crippen MR) is 90.2 cm³/mol. The topological polar surface area (TPSA) is 38.0 Å². The summed E-state index contributed by atoms with van der Waals surface area (Å²) in [7, 11) is 0. The molecule has 0 saturated carbocycles. The number of hydrogen-bond donors (Lipinski definition) is 2. The second kappa shape index (κ2) is 9.07. The molecule has 0 aromatic heterocycles. The fraction of sp³-hybridized carbons (Fsp3) is 0.429. The van der Waals surface area contributed by atoms with Crippen LogP contribution in [0.2, 0.25) is 0 Å². The number of nitrogens with two attached hydrogens (primary N) is 1. The number of hydrogen-bond acceptors (Lipinski definition) is 2. The van der Waals surface area contributed by atoms with E-state index in [1.807, 2.05) is 6.08 Å². The van der Waals surface area contributed by atoms with E-state index < -0.39 is 0 Å². The minimum absolute atomic E-state index is 0.220. The van der Waals surface area contributed by atoms with E-state index in [1.54, 1.807) is 0 Å². The van der Waals surface area contributed by atoms with Crippen LogP contribution in [0.1, 0.15) is 43.7 Å². The molecule has 0 aliphatic rings. The van der Waals surface area contributed by atoms with Crippen LogP contribution in [0.3, 0.4) is 0 Å². The molecule has 1 unspecified atom stereocenters. The van der Waals surface area contributed by atoms with Crippen LogP contribution in [0.15, 0.2) is 35.3 Å². The fourth-order valence-corrected chi connectivity index (χ4v) is 2.96. The van der Waals surface area contributed by atoms with Gasteiger partial charge in [0.2, 0.25) is 0 Å². The largest absolute Gasteiger partial charge is 0.271 e. The van der Waals surface area contributed by atoms with Crippen LogP contribution in [0.4, 0.5) is 0 Å². The van der Waals surface area contributed by atoms with E-state index in [4.69, 9.17) is 5.84 Å². The number of nitrogens with one attached hydrogen (secondary N) is 1. The molecule has 0 radical (unpaired) electrons. The molecule has 0 saturated heterocycles. The molecule has 1 atom stereocenters. The van der Waals surface area contributed by atoms with Gasteiger partial charge in [0.05, 0.1) is 0 Å². The molecule has 1 rings (SSSR count). The number of rotatable bonds is 8. The van der Waals surface area contributed by atoms with E-state index in [1.165, 1.54) is 28.4 Å². The Labute approximate surface area is 132 Å². The maximum absolute atomic E-state index is 5.68. The van der Waals surface area contributed by atoms with Crippen LogP contribution >= 0.6 is 38.5 Å². The summed E-state index contributed by atoms with van der Waals surface area (Å²) in [5.41, 5.74) is 4.17. The van der Waals surface area contributed by atoms with Crippen molar-refractivity contribution in [3.05, 3.63) is 44.5 Å². The smallest absolute Gasteiger partial charge is 0.0471 e. The second-order valence-corrected chi connectivity index (χ2v) is 6.41. The minimum atomic E-state index is 0.220. The molecular weight excluding hydrogens is 403 g/mol. The van der Waals surface area contributed by atoms with Gasteiger partial charge >= 0.3 is 0 Å². The molecule has 100 valence electrons. The van der Waals surface area contributed by atoms with Gasteiger partial charge in [0.15, 0.2) is 0 Å². The zero-order valence-electron chi connectivity index (χ0n) is 10.5. The molecule has 18 heavy (non-hydrogen) atoms. The Morgan fingerprint density at radius 1 is 1.39 bits per heavy atom. The first-order valence-electron chi connectivity index (χ1n) is 6.21. The number of hydrazine groups is 1. The zero-order chi connectivity index (χ0) is 13.4. The van der Waals surface area contributed by atoms with Crippen LogP contribution in [0.5, 0.6) is 0 Å². The average molecular weight is 423 g/mol. The van der Waals surface area contributed by atoms with Crippen LogP contribution in [0, 0.1) is 3.57 Å². The first kappa shape index (κ1) is 16.1. The molecule has 2 nitrogen and oxygen atoms in total. The van der Waals surface area contributed by atoms with Crippen molar-refractivity contribution >= 4 is 38.5 Å². The van der Waals surface area contributed by atoms with Gasteiger partial charge in [0.25, 0.3) is 0 Å². The van der Waals surface area contributed by atoms with Crippen molar-refractivity contribution in [2.75, 3.05) is 0 Å². The van der Waals surface area contributed by atoms with Crippen molar-refractivity contribution in [2.45, 2.75) is 38.1 Å². The molecule has 0 bridgehead atoms. The molecule has 0 amide bonds. The highest BCUT2D eigenvalue weighted by Gasteiger charge is 2.12. The maximum Gasteiger partial charge on any atom is 0.0471 e. The lowest BCUT2D eigenvalue weighted by atomic mass is 10.0. The summed E-state index contributed by atoms with van der Waals surface area (Å²) in [6.07, 6.45) is 7.77. The van der Waals surface area contributed by atoms with Gasteiger partial charge in [0.1, 0.15) is 0 Å². The van der Waals surface area contributed by atoms with Gasteiger partial charge in [-0.25, -0.2) is 0 Å². The normalized spacial score (nSPS) is 12.4. The minimum Gasteiger partial charge on any atom is -0.271 e. The molecule has 0 fully saturated rings. The van der Waals surface area contributed by atoms with E-state index in [2.05, 4.69) is 68.7 Å². The first-order chi connectivity index (χ1) is 8.69. The summed E-state index contributed by atoms with van der Waals surface area (Å²) in [6.45, 7) is 3.74. The first-order valence-corrected chi connectivity index (χ1v) is 8.08. The van der Waals surface area contributed by atoms with Gasteiger partial charge in [-0.15, -0.1) is 6.58 Å². The Morgan fingerprint density at radius 3 is 2.83 bits per heavy atom. The number of unbranched alkanes of at least 4 members (excludes halogenated alkanes) is 3. The Balaban J connectivity index is 2.54. The number of allylic oxidation sites excluding steroid dienone is 1. The van der Waals surface area contributed by atoms with Gasteiger partial charge in [-0.1, -0.05) is 34.8 Å². The molecule has 3 N–H and O–H groups in total. The summed E-state index contributed by atoms with van der Waals surface area (Å²) in [5.74, 6) is 5.68. The zero-order valence-corrected chi connectivity index (χ0v) is 14.2.